The third-order valence-electron chi connectivity index (χ3n) is 3.68. The van der Waals surface area contributed by atoms with Gasteiger partial charge in [0.1, 0.15) is 0 Å². The monoisotopic (exact) mass is 288 g/mol. The van der Waals surface area contributed by atoms with E-state index in [1.807, 2.05) is 0 Å². The molecule has 0 aliphatic rings. The van der Waals surface area contributed by atoms with Crippen molar-refractivity contribution in [2.75, 3.05) is 6.54 Å². The molecule has 2 rings (SSSR count). The lowest BCUT2D eigenvalue weighted by Gasteiger charge is -2.19. The number of likely N-dealkylation sites (N-methyl/N-ethyl adjacent to an activating group) is 1. The number of aromatic nitrogens is 1. The van der Waals surface area contributed by atoms with Gasteiger partial charge < -0.3 is 5.32 Å². The maximum Gasteiger partial charge on any atom is 0.0943 e. The van der Waals surface area contributed by atoms with Gasteiger partial charge in [-0.3, -0.25) is 0 Å². The van der Waals surface area contributed by atoms with Gasteiger partial charge in [0.2, 0.25) is 0 Å². The molecule has 0 amide bonds. The lowest BCUT2D eigenvalue weighted by atomic mass is 9.95. The Morgan fingerprint density at radius 1 is 1.15 bits per heavy atom. The first-order chi connectivity index (χ1) is 9.60. The van der Waals surface area contributed by atoms with E-state index in [1.54, 1.807) is 11.3 Å². The summed E-state index contributed by atoms with van der Waals surface area (Å²) >= 11 is 1.77. The van der Waals surface area contributed by atoms with E-state index in [2.05, 4.69) is 61.6 Å². The van der Waals surface area contributed by atoms with Crippen molar-refractivity contribution in [3.63, 3.8) is 0 Å². The molecule has 0 fully saturated rings. The lowest BCUT2D eigenvalue weighted by Crippen LogP contribution is -2.33. The van der Waals surface area contributed by atoms with E-state index in [9.17, 15) is 0 Å². The van der Waals surface area contributed by atoms with Crippen LogP contribution in [-0.2, 0) is 12.8 Å². The highest BCUT2D eigenvalue weighted by molar-refractivity contribution is 7.09. The van der Waals surface area contributed by atoms with E-state index in [-0.39, 0.29) is 0 Å². The van der Waals surface area contributed by atoms with Crippen LogP contribution in [0.2, 0.25) is 0 Å². The zero-order valence-corrected chi connectivity index (χ0v) is 13.7. The standard InChI is InChI=1S/C17H24N2S/c1-5-18-15(10-17-19-14(4)11-20-17)9-16-12(2)7-6-8-13(16)3/h6-8,11,15,18H,5,9-10H2,1-4H3. The summed E-state index contributed by atoms with van der Waals surface area (Å²) in [7, 11) is 0. The quantitative estimate of drug-likeness (QED) is 0.874. The number of benzene rings is 1. The molecule has 20 heavy (non-hydrogen) atoms. The highest BCUT2D eigenvalue weighted by Gasteiger charge is 2.14. The molecule has 3 heteroatoms. The molecule has 0 aliphatic heterocycles. The minimum absolute atomic E-state index is 0.463. The summed E-state index contributed by atoms with van der Waals surface area (Å²) in [5.74, 6) is 0. The van der Waals surface area contributed by atoms with E-state index in [0.717, 1.165) is 25.1 Å². The zero-order chi connectivity index (χ0) is 14.5. The first-order valence-corrected chi connectivity index (χ1v) is 8.17. The van der Waals surface area contributed by atoms with Gasteiger partial charge in [-0.2, -0.15) is 0 Å². The third kappa shape index (κ3) is 3.90. The Balaban J connectivity index is 2.13. The van der Waals surface area contributed by atoms with E-state index in [4.69, 9.17) is 0 Å². The molecule has 0 spiro atoms. The van der Waals surface area contributed by atoms with Gasteiger partial charge >= 0.3 is 0 Å². The van der Waals surface area contributed by atoms with Crippen LogP contribution in [0.4, 0.5) is 0 Å². The molecule has 0 radical (unpaired) electrons. The second-order valence-corrected chi connectivity index (χ2v) is 6.36. The number of hydrogen-bond donors (Lipinski definition) is 1. The highest BCUT2D eigenvalue weighted by Crippen LogP contribution is 2.18. The molecule has 2 nitrogen and oxygen atoms in total. The molecule has 1 aromatic heterocycles. The number of thiazole rings is 1. The average molecular weight is 288 g/mol. The predicted octanol–water partition coefficient (Wildman–Crippen LogP) is 3.83. The molecule has 108 valence electrons. The van der Waals surface area contributed by atoms with Crippen LogP contribution in [-0.4, -0.2) is 17.6 Å². The normalized spacial score (nSPS) is 12.6. The Bertz CT molecular complexity index is 540. The largest absolute Gasteiger partial charge is 0.314 e. The van der Waals surface area contributed by atoms with E-state index >= 15 is 0 Å². The molecule has 2 aromatic rings. The van der Waals surface area contributed by atoms with Gasteiger partial charge in [-0.25, -0.2) is 4.98 Å². The average Bonchev–Trinajstić information content (AvgIpc) is 2.80. The van der Waals surface area contributed by atoms with Crippen molar-refractivity contribution in [2.45, 2.75) is 46.6 Å². The highest BCUT2D eigenvalue weighted by atomic mass is 32.1. The maximum absolute atomic E-state index is 4.60. The second kappa shape index (κ2) is 7.00. The van der Waals surface area contributed by atoms with Crippen molar-refractivity contribution in [1.82, 2.24) is 10.3 Å². The summed E-state index contributed by atoms with van der Waals surface area (Å²) in [5, 5.41) is 6.98. The topological polar surface area (TPSA) is 24.9 Å². The summed E-state index contributed by atoms with van der Waals surface area (Å²) in [4.78, 5) is 4.60. The Hall–Kier alpha value is -1.19. The van der Waals surface area contributed by atoms with Gasteiger partial charge in [0, 0.05) is 23.5 Å². The molecule has 1 heterocycles. The fourth-order valence-corrected chi connectivity index (χ4v) is 3.48. The Morgan fingerprint density at radius 2 is 1.85 bits per heavy atom. The minimum Gasteiger partial charge on any atom is -0.314 e. The van der Waals surface area contributed by atoms with Gasteiger partial charge in [0.25, 0.3) is 0 Å². The van der Waals surface area contributed by atoms with Crippen molar-refractivity contribution in [2.24, 2.45) is 0 Å². The maximum atomic E-state index is 4.60. The molecule has 1 aromatic carbocycles. The molecule has 1 atom stereocenters. The van der Waals surface area contributed by atoms with Crippen molar-refractivity contribution in [1.29, 1.82) is 0 Å². The summed E-state index contributed by atoms with van der Waals surface area (Å²) in [6.07, 6.45) is 2.09. The van der Waals surface area contributed by atoms with Crippen LogP contribution in [0.5, 0.6) is 0 Å². The van der Waals surface area contributed by atoms with Crippen LogP contribution in [0.1, 0.15) is 34.3 Å². The van der Waals surface area contributed by atoms with Crippen LogP contribution in [0.3, 0.4) is 0 Å². The van der Waals surface area contributed by atoms with Crippen LogP contribution >= 0.6 is 11.3 Å². The van der Waals surface area contributed by atoms with Crippen LogP contribution in [0.25, 0.3) is 0 Å². The molecule has 0 saturated heterocycles. The second-order valence-electron chi connectivity index (χ2n) is 5.42. The van der Waals surface area contributed by atoms with Crippen molar-refractivity contribution >= 4 is 11.3 Å². The molecular formula is C17H24N2S. The molecule has 1 N–H and O–H groups in total. The van der Waals surface area contributed by atoms with Crippen LogP contribution < -0.4 is 5.32 Å². The summed E-state index contributed by atoms with van der Waals surface area (Å²) in [5.41, 5.74) is 5.39. The van der Waals surface area contributed by atoms with Crippen molar-refractivity contribution < 1.29 is 0 Å². The Kier molecular flexibility index (Phi) is 5.32. The van der Waals surface area contributed by atoms with Crippen molar-refractivity contribution in [3.8, 4) is 0 Å². The smallest absolute Gasteiger partial charge is 0.0943 e. The van der Waals surface area contributed by atoms with Gasteiger partial charge in [-0.1, -0.05) is 25.1 Å². The van der Waals surface area contributed by atoms with Crippen LogP contribution in [0, 0.1) is 20.8 Å². The first-order valence-electron chi connectivity index (χ1n) is 7.29. The third-order valence-corrected chi connectivity index (χ3v) is 4.66. The van der Waals surface area contributed by atoms with Gasteiger partial charge in [0.15, 0.2) is 0 Å². The molecular weight excluding hydrogens is 264 g/mol. The minimum atomic E-state index is 0.463. The van der Waals surface area contributed by atoms with E-state index in [1.165, 1.54) is 21.7 Å². The van der Waals surface area contributed by atoms with Gasteiger partial charge in [-0.15, -0.1) is 11.3 Å². The van der Waals surface area contributed by atoms with Crippen molar-refractivity contribution in [3.05, 3.63) is 51.0 Å². The number of nitrogens with one attached hydrogen (secondary N) is 1. The SMILES string of the molecule is CCNC(Cc1nc(C)cs1)Cc1c(C)cccc1C. The number of rotatable bonds is 6. The van der Waals surface area contributed by atoms with Gasteiger partial charge in [-0.05, 0) is 50.4 Å². The van der Waals surface area contributed by atoms with E-state index < -0.39 is 0 Å². The predicted molar refractivity (Wildman–Crippen MR) is 87.6 cm³/mol. The summed E-state index contributed by atoms with van der Waals surface area (Å²) in [6.45, 7) is 9.65. The van der Waals surface area contributed by atoms with Gasteiger partial charge in [0.05, 0.1) is 5.01 Å². The lowest BCUT2D eigenvalue weighted by molar-refractivity contribution is 0.518. The zero-order valence-electron chi connectivity index (χ0n) is 12.9. The molecule has 0 saturated carbocycles. The fourth-order valence-electron chi connectivity index (χ4n) is 2.63. The number of hydrogen-bond acceptors (Lipinski definition) is 3. The fraction of sp³-hybridized carbons (Fsp3) is 0.471. The number of nitrogens with zero attached hydrogens (tertiary/aromatic N) is 1. The Labute approximate surface area is 126 Å². The molecule has 1 unspecified atom stereocenters. The van der Waals surface area contributed by atoms with E-state index in [0.29, 0.717) is 6.04 Å². The summed E-state index contributed by atoms with van der Waals surface area (Å²) < 4.78 is 0. The van der Waals surface area contributed by atoms with Crippen LogP contribution in [0.15, 0.2) is 23.6 Å². The molecule has 0 bridgehead atoms. The number of aryl methyl sites for hydroxylation is 3. The Morgan fingerprint density at radius 3 is 2.40 bits per heavy atom. The molecule has 0 aliphatic carbocycles. The summed E-state index contributed by atoms with van der Waals surface area (Å²) in [6, 6.07) is 7.02. The first kappa shape index (κ1) is 15.2.